The molecule has 0 aromatic carbocycles. The molecule has 4 N–H and O–H groups in total. The van der Waals surface area contributed by atoms with Gasteiger partial charge < -0.3 is 20.6 Å². The lowest BCUT2D eigenvalue weighted by molar-refractivity contribution is -0.0460. The van der Waals surface area contributed by atoms with Gasteiger partial charge in [-0.2, -0.15) is 0 Å². The van der Waals surface area contributed by atoms with Crippen molar-refractivity contribution in [3.8, 4) is 0 Å². The van der Waals surface area contributed by atoms with Gasteiger partial charge in [0.05, 0.1) is 18.3 Å². The molecule has 0 aromatic heterocycles. The maximum atomic E-state index is 10.6. The second-order valence-electron chi connectivity index (χ2n) is 9.06. The van der Waals surface area contributed by atoms with Gasteiger partial charge in [0.2, 0.25) is 0 Å². The number of aliphatic hydroxyl groups excluding tert-OH is 3. The third kappa shape index (κ3) is 2.06. The number of hydrogen-bond donors (Lipinski definition) is 4. The van der Waals surface area contributed by atoms with Gasteiger partial charge >= 0.3 is 0 Å². The standard InChI is InChI=1S/C20H31NO3/c1-19-7-6-12(22)8-11(19)4-5-13-14-9-16(23)18(24)20(14,2)10-15(21-3)17(13)19/h4-5,12,14-18,21-24H,6-10H2,1-3H3/t12-,14-,15?,16+,17+,18-,19-,20-/m0/s1. The minimum absolute atomic E-state index is 0.0802. The van der Waals surface area contributed by atoms with E-state index >= 15 is 0 Å². The van der Waals surface area contributed by atoms with E-state index in [1.165, 1.54) is 11.1 Å². The summed E-state index contributed by atoms with van der Waals surface area (Å²) in [5, 5.41) is 34.6. The zero-order valence-electron chi connectivity index (χ0n) is 15.0. The lowest BCUT2D eigenvalue weighted by Crippen LogP contribution is -2.57. The Morgan fingerprint density at radius 2 is 1.92 bits per heavy atom. The van der Waals surface area contributed by atoms with Crippen LogP contribution in [0.1, 0.15) is 46.0 Å². The van der Waals surface area contributed by atoms with Gasteiger partial charge in [0.25, 0.3) is 0 Å². The van der Waals surface area contributed by atoms with Crippen LogP contribution in [0.4, 0.5) is 0 Å². The SMILES string of the molecule is CNC1C[C@@]2(C)[C@@H](C[C@@H](O)[C@@H]2O)C2=CC=C3C[C@@H](O)CC[C@]3(C)[C@H]21. The first kappa shape index (κ1) is 16.8. The second kappa shape index (κ2) is 5.41. The summed E-state index contributed by atoms with van der Waals surface area (Å²) in [6.45, 7) is 4.50. The molecule has 0 radical (unpaired) electrons. The number of nitrogens with one attached hydrogen (secondary N) is 1. The average molecular weight is 333 g/mol. The molecular formula is C20H31NO3. The summed E-state index contributed by atoms with van der Waals surface area (Å²) in [4.78, 5) is 0. The Morgan fingerprint density at radius 3 is 2.62 bits per heavy atom. The van der Waals surface area contributed by atoms with Gasteiger partial charge in [-0.3, -0.25) is 0 Å². The number of hydrogen-bond acceptors (Lipinski definition) is 4. The van der Waals surface area contributed by atoms with Gasteiger partial charge in [-0.1, -0.05) is 37.1 Å². The third-order valence-corrected chi connectivity index (χ3v) is 7.86. The van der Waals surface area contributed by atoms with Crippen LogP contribution in [0, 0.1) is 22.7 Å². The molecule has 0 aliphatic heterocycles. The van der Waals surface area contributed by atoms with Gasteiger partial charge in [0, 0.05) is 17.4 Å². The molecule has 0 spiro atoms. The first-order valence-corrected chi connectivity index (χ1v) is 9.44. The van der Waals surface area contributed by atoms with Gasteiger partial charge in [-0.05, 0) is 50.5 Å². The Labute approximate surface area is 144 Å². The van der Waals surface area contributed by atoms with Crippen LogP contribution in [0.5, 0.6) is 0 Å². The predicted molar refractivity (Wildman–Crippen MR) is 93.3 cm³/mol. The van der Waals surface area contributed by atoms with E-state index in [-0.39, 0.29) is 22.9 Å². The van der Waals surface area contributed by atoms with E-state index in [1.807, 2.05) is 7.05 Å². The van der Waals surface area contributed by atoms with Crippen molar-refractivity contribution in [3.63, 3.8) is 0 Å². The predicted octanol–water partition coefficient (Wildman–Crippen LogP) is 1.76. The Bertz CT molecular complexity index is 600. The van der Waals surface area contributed by atoms with E-state index < -0.39 is 12.2 Å². The van der Waals surface area contributed by atoms with E-state index in [0.29, 0.717) is 18.4 Å². The summed E-state index contributed by atoms with van der Waals surface area (Å²) in [6, 6.07) is 0.293. The molecule has 0 heterocycles. The highest BCUT2D eigenvalue weighted by molar-refractivity contribution is 5.41. The molecule has 4 aliphatic carbocycles. The van der Waals surface area contributed by atoms with Crippen molar-refractivity contribution in [2.45, 2.75) is 70.3 Å². The van der Waals surface area contributed by atoms with Crippen LogP contribution < -0.4 is 5.32 Å². The largest absolute Gasteiger partial charge is 0.393 e. The molecule has 0 amide bonds. The zero-order valence-corrected chi connectivity index (χ0v) is 15.0. The lowest BCUT2D eigenvalue weighted by Gasteiger charge is -2.57. The maximum Gasteiger partial charge on any atom is 0.0859 e. The molecule has 0 saturated heterocycles. The van der Waals surface area contributed by atoms with Crippen LogP contribution in [0.25, 0.3) is 0 Å². The summed E-state index contributed by atoms with van der Waals surface area (Å²) >= 11 is 0. The van der Waals surface area contributed by atoms with Crippen molar-refractivity contribution in [2.24, 2.45) is 22.7 Å². The van der Waals surface area contributed by atoms with E-state index in [9.17, 15) is 15.3 Å². The smallest absolute Gasteiger partial charge is 0.0859 e. The maximum absolute atomic E-state index is 10.6. The van der Waals surface area contributed by atoms with Gasteiger partial charge in [0.15, 0.2) is 0 Å². The highest BCUT2D eigenvalue weighted by Crippen LogP contribution is 2.63. The minimum Gasteiger partial charge on any atom is -0.393 e. The molecule has 4 nitrogen and oxygen atoms in total. The first-order valence-electron chi connectivity index (χ1n) is 9.44. The normalized spacial score (nSPS) is 53.6. The summed E-state index contributed by atoms with van der Waals surface area (Å²) in [5.74, 6) is 0.643. The number of rotatable bonds is 1. The van der Waals surface area contributed by atoms with Crippen LogP contribution in [0.3, 0.4) is 0 Å². The van der Waals surface area contributed by atoms with Crippen LogP contribution in [-0.2, 0) is 0 Å². The summed E-state index contributed by atoms with van der Waals surface area (Å²) < 4.78 is 0. The number of allylic oxidation sites excluding steroid dienone is 2. The Balaban J connectivity index is 1.80. The second-order valence-corrected chi connectivity index (χ2v) is 9.06. The van der Waals surface area contributed by atoms with E-state index in [4.69, 9.17) is 0 Å². The molecule has 4 rings (SSSR count). The number of fused-ring (bicyclic) bond motifs is 5. The molecule has 0 bridgehead atoms. The Hall–Kier alpha value is -0.680. The van der Waals surface area contributed by atoms with Gasteiger partial charge in [0.1, 0.15) is 0 Å². The fraction of sp³-hybridized carbons (Fsp3) is 0.800. The zero-order chi connectivity index (χ0) is 17.3. The monoisotopic (exact) mass is 333 g/mol. The summed E-state index contributed by atoms with van der Waals surface area (Å²) in [7, 11) is 2.02. The highest BCUT2D eigenvalue weighted by atomic mass is 16.3. The minimum atomic E-state index is -0.647. The Kier molecular flexibility index (Phi) is 3.78. The summed E-state index contributed by atoms with van der Waals surface area (Å²) in [6.07, 6.45) is 7.20. The molecule has 4 heteroatoms. The fourth-order valence-corrected chi connectivity index (χ4v) is 6.43. The van der Waals surface area contributed by atoms with Crippen molar-refractivity contribution in [2.75, 3.05) is 7.05 Å². The number of aliphatic hydroxyl groups is 3. The van der Waals surface area contributed by atoms with Gasteiger partial charge in [-0.15, -0.1) is 0 Å². The van der Waals surface area contributed by atoms with Crippen LogP contribution >= 0.6 is 0 Å². The van der Waals surface area contributed by atoms with Crippen molar-refractivity contribution >= 4 is 0 Å². The fourth-order valence-electron chi connectivity index (χ4n) is 6.43. The Morgan fingerprint density at radius 1 is 1.17 bits per heavy atom. The van der Waals surface area contributed by atoms with Crippen molar-refractivity contribution in [3.05, 3.63) is 23.3 Å². The summed E-state index contributed by atoms with van der Waals surface area (Å²) in [5.41, 5.74) is 2.60. The highest BCUT2D eigenvalue weighted by Gasteiger charge is 2.61. The van der Waals surface area contributed by atoms with Crippen molar-refractivity contribution in [1.29, 1.82) is 0 Å². The molecule has 3 saturated carbocycles. The molecule has 4 aliphatic rings. The molecule has 8 atom stereocenters. The molecule has 0 aromatic rings. The lowest BCUT2D eigenvalue weighted by atomic mass is 9.49. The molecule has 1 unspecified atom stereocenters. The van der Waals surface area contributed by atoms with Crippen LogP contribution in [-0.4, -0.2) is 46.7 Å². The quantitative estimate of drug-likeness (QED) is 0.590. The van der Waals surface area contributed by atoms with E-state index in [2.05, 4.69) is 31.3 Å². The topological polar surface area (TPSA) is 72.7 Å². The van der Waals surface area contributed by atoms with Crippen molar-refractivity contribution < 1.29 is 15.3 Å². The molecular weight excluding hydrogens is 302 g/mol. The van der Waals surface area contributed by atoms with Crippen LogP contribution in [0.2, 0.25) is 0 Å². The van der Waals surface area contributed by atoms with E-state index in [0.717, 1.165) is 25.7 Å². The third-order valence-electron chi connectivity index (χ3n) is 7.86. The first-order chi connectivity index (χ1) is 11.3. The average Bonchev–Trinajstić information content (AvgIpc) is 2.78. The molecule has 3 fully saturated rings. The molecule has 134 valence electrons. The van der Waals surface area contributed by atoms with Gasteiger partial charge in [-0.25, -0.2) is 0 Å². The van der Waals surface area contributed by atoms with Crippen molar-refractivity contribution in [1.82, 2.24) is 5.32 Å². The van der Waals surface area contributed by atoms with E-state index in [1.54, 1.807) is 0 Å². The van der Waals surface area contributed by atoms with Crippen LogP contribution in [0.15, 0.2) is 23.3 Å². The molecule has 24 heavy (non-hydrogen) atoms.